The Kier molecular flexibility index (Phi) is 4.62. The Balaban J connectivity index is 1.42. The first kappa shape index (κ1) is 19.3. The lowest BCUT2D eigenvalue weighted by molar-refractivity contribution is 0.0691. The summed E-state index contributed by atoms with van der Waals surface area (Å²) in [5, 5.41) is 14.3. The summed E-state index contributed by atoms with van der Waals surface area (Å²) in [5.41, 5.74) is 3.35. The molecule has 0 radical (unpaired) electrons. The lowest BCUT2D eigenvalue weighted by Gasteiger charge is -2.34. The van der Waals surface area contributed by atoms with Gasteiger partial charge in [-0.05, 0) is 56.9 Å². The molecule has 1 amide bonds. The second-order valence-corrected chi connectivity index (χ2v) is 8.20. The van der Waals surface area contributed by atoms with Crippen LogP contribution in [-0.2, 0) is 0 Å². The predicted octanol–water partition coefficient (Wildman–Crippen LogP) is 6.59. The summed E-state index contributed by atoms with van der Waals surface area (Å²) in [6.07, 6.45) is 1.35. The molecule has 5 aromatic rings. The van der Waals surface area contributed by atoms with E-state index in [1.54, 1.807) is 11.2 Å². The van der Waals surface area contributed by atoms with Crippen LogP contribution in [0.4, 0.5) is 5.69 Å². The van der Waals surface area contributed by atoms with Crippen LogP contribution in [0.1, 0.15) is 27.7 Å². The van der Waals surface area contributed by atoms with Gasteiger partial charge in [0.15, 0.2) is 6.17 Å². The first-order valence-corrected chi connectivity index (χ1v) is 11.0. The molecular formula is C29H21N3O. The average Bonchev–Trinajstić information content (AvgIpc) is 2.87. The highest BCUT2D eigenvalue weighted by Gasteiger charge is 2.33. The van der Waals surface area contributed by atoms with Gasteiger partial charge in [0, 0.05) is 5.69 Å². The van der Waals surface area contributed by atoms with E-state index >= 15 is 0 Å². The van der Waals surface area contributed by atoms with Crippen molar-refractivity contribution in [3.05, 3.63) is 126 Å². The van der Waals surface area contributed by atoms with Crippen molar-refractivity contribution in [2.45, 2.75) is 6.17 Å². The molecule has 0 aromatic heterocycles. The van der Waals surface area contributed by atoms with E-state index in [0.717, 1.165) is 33.0 Å². The molecular weight excluding hydrogens is 406 g/mol. The number of amides is 1. The second-order valence-electron chi connectivity index (χ2n) is 8.20. The Morgan fingerprint density at radius 3 is 2.12 bits per heavy atom. The largest absolute Gasteiger partial charge is 0.359 e. The number of fused-ring (bicyclic) bond motifs is 3. The lowest BCUT2D eigenvalue weighted by Crippen LogP contribution is -2.39. The molecule has 4 heteroatoms. The van der Waals surface area contributed by atoms with Crippen molar-refractivity contribution in [2.24, 2.45) is 5.10 Å². The zero-order valence-electron chi connectivity index (χ0n) is 17.8. The highest BCUT2D eigenvalue weighted by Crippen LogP contribution is 2.34. The number of para-hydroxylation sites is 1. The van der Waals surface area contributed by atoms with Gasteiger partial charge in [-0.3, -0.25) is 4.79 Å². The van der Waals surface area contributed by atoms with Gasteiger partial charge >= 0.3 is 0 Å². The molecule has 1 aliphatic rings. The first-order chi connectivity index (χ1) is 16.3. The molecule has 1 heterocycles. The summed E-state index contributed by atoms with van der Waals surface area (Å²) in [5.74, 6) is -0.125. The highest BCUT2D eigenvalue weighted by molar-refractivity contribution is 6.02. The SMILES string of the molecule is O=C1c2ccccc2NC(c2ccc3ccccc3c2)N1N=Cc1ccc2ccccc2c1. The van der Waals surface area contributed by atoms with Crippen LogP contribution >= 0.6 is 0 Å². The quantitative estimate of drug-likeness (QED) is 0.330. The van der Waals surface area contributed by atoms with Gasteiger partial charge in [-0.25, -0.2) is 5.01 Å². The van der Waals surface area contributed by atoms with Crippen LogP contribution in [0, 0.1) is 0 Å². The molecule has 0 bridgehead atoms. The van der Waals surface area contributed by atoms with E-state index in [4.69, 9.17) is 0 Å². The minimum absolute atomic E-state index is 0.125. The fourth-order valence-corrected chi connectivity index (χ4v) is 4.38. The van der Waals surface area contributed by atoms with Crippen LogP contribution < -0.4 is 5.32 Å². The summed E-state index contributed by atoms with van der Waals surface area (Å²) in [4.78, 5) is 13.5. The van der Waals surface area contributed by atoms with Gasteiger partial charge in [-0.1, -0.05) is 84.9 Å². The van der Waals surface area contributed by atoms with E-state index in [1.807, 2.05) is 54.6 Å². The van der Waals surface area contributed by atoms with Crippen molar-refractivity contribution in [2.75, 3.05) is 5.32 Å². The fraction of sp³-hybridized carbons (Fsp3) is 0.0345. The molecule has 1 N–H and O–H groups in total. The molecule has 6 rings (SSSR count). The smallest absolute Gasteiger partial charge is 0.278 e. The highest BCUT2D eigenvalue weighted by atomic mass is 16.2. The van der Waals surface area contributed by atoms with Crippen LogP contribution in [0.25, 0.3) is 21.5 Å². The standard InChI is InChI=1S/C29H21N3O/c33-29-26-11-5-6-12-27(26)31-28(25-16-15-22-8-2-4-10-24(22)18-25)32(29)30-19-20-13-14-21-7-1-3-9-23(21)17-20/h1-19,28,31H. The van der Waals surface area contributed by atoms with Crippen LogP contribution in [0.2, 0.25) is 0 Å². The number of hydrogen-bond acceptors (Lipinski definition) is 3. The zero-order chi connectivity index (χ0) is 22.2. The molecule has 0 aliphatic carbocycles. The maximum atomic E-state index is 13.5. The van der Waals surface area contributed by atoms with Crippen molar-refractivity contribution >= 4 is 39.4 Å². The molecule has 33 heavy (non-hydrogen) atoms. The first-order valence-electron chi connectivity index (χ1n) is 11.0. The van der Waals surface area contributed by atoms with E-state index in [2.05, 4.69) is 65.0 Å². The number of carbonyl (C=O) groups excluding carboxylic acids is 1. The Morgan fingerprint density at radius 1 is 0.697 bits per heavy atom. The topological polar surface area (TPSA) is 44.7 Å². The van der Waals surface area contributed by atoms with Gasteiger partial charge in [-0.2, -0.15) is 5.10 Å². The lowest BCUT2D eigenvalue weighted by atomic mass is 10.0. The van der Waals surface area contributed by atoms with Gasteiger partial charge < -0.3 is 5.32 Å². The molecule has 0 fully saturated rings. The fourth-order valence-electron chi connectivity index (χ4n) is 4.38. The summed E-state index contributed by atoms with van der Waals surface area (Å²) in [6.45, 7) is 0. The van der Waals surface area contributed by atoms with Crippen LogP contribution in [0.5, 0.6) is 0 Å². The maximum Gasteiger partial charge on any atom is 0.278 e. The van der Waals surface area contributed by atoms with Crippen LogP contribution in [0.15, 0.2) is 114 Å². The van der Waals surface area contributed by atoms with Crippen molar-refractivity contribution in [3.63, 3.8) is 0 Å². The van der Waals surface area contributed by atoms with Gasteiger partial charge in [0.25, 0.3) is 5.91 Å². The molecule has 158 valence electrons. The monoisotopic (exact) mass is 427 g/mol. The van der Waals surface area contributed by atoms with E-state index in [1.165, 1.54) is 5.39 Å². The zero-order valence-corrected chi connectivity index (χ0v) is 17.8. The molecule has 1 aliphatic heterocycles. The number of benzene rings is 5. The molecule has 5 aromatic carbocycles. The number of hydrazone groups is 1. The summed E-state index contributed by atoms with van der Waals surface area (Å²) in [7, 11) is 0. The van der Waals surface area contributed by atoms with E-state index in [-0.39, 0.29) is 5.91 Å². The van der Waals surface area contributed by atoms with Gasteiger partial charge in [-0.15, -0.1) is 0 Å². The Morgan fingerprint density at radius 2 is 1.33 bits per heavy atom. The number of nitrogens with one attached hydrogen (secondary N) is 1. The van der Waals surface area contributed by atoms with E-state index in [0.29, 0.717) is 5.56 Å². The molecule has 0 saturated carbocycles. The third-order valence-electron chi connectivity index (χ3n) is 6.10. The van der Waals surface area contributed by atoms with Crippen LogP contribution in [0.3, 0.4) is 0 Å². The Labute approximate surface area is 191 Å². The van der Waals surface area contributed by atoms with Crippen molar-refractivity contribution in [3.8, 4) is 0 Å². The number of hydrogen-bond donors (Lipinski definition) is 1. The summed E-state index contributed by atoms with van der Waals surface area (Å²) < 4.78 is 0. The number of rotatable bonds is 3. The molecule has 1 atom stereocenters. The number of carbonyl (C=O) groups is 1. The average molecular weight is 428 g/mol. The number of nitrogens with zero attached hydrogens (tertiary/aromatic N) is 2. The predicted molar refractivity (Wildman–Crippen MR) is 134 cm³/mol. The van der Waals surface area contributed by atoms with E-state index in [9.17, 15) is 4.79 Å². The molecule has 4 nitrogen and oxygen atoms in total. The van der Waals surface area contributed by atoms with Crippen molar-refractivity contribution in [1.82, 2.24) is 5.01 Å². The van der Waals surface area contributed by atoms with E-state index < -0.39 is 6.17 Å². The van der Waals surface area contributed by atoms with Crippen LogP contribution in [-0.4, -0.2) is 17.1 Å². The third-order valence-corrected chi connectivity index (χ3v) is 6.10. The van der Waals surface area contributed by atoms with Crippen molar-refractivity contribution < 1.29 is 4.79 Å². The summed E-state index contributed by atoms with van der Waals surface area (Å²) in [6, 6.07) is 36.4. The van der Waals surface area contributed by atoms with Gasteiger partial charge in [0.2, 0.25) is 0 Å². The third kappa shape index (κ3) is 3.52. The normalized spacial score (nSPS) is 15.7. The minimum Gasteiger partial charge on any atom is -0.359 e. The summed E-state index contributed by atoms with van der Waals surface area (Å²) >= 11 is 0. The minimum atomic E-state index is -0.409. The second kappa shape index (κ2) is 7.92. The molecule has 1 unspecified atom stereocenters. The maximum absolute atomic E-state index is 13.5. The van der Waals surface area contributed by atoms with Gasteiger partial charge in [0.1, 0.15) is 0 Å². The Bertz CT molecular complexity index is 1540. The number of anilines is 1. The van der Waals surface area contributed by atoms with Crippen molar-refractivity contribution in [1.29, 1.82) is 0 Å². The molecule has 0 saturated heterocycles. The van der Waals surface area contributed by atoms with Gasteiger partial charge in [0.05, 0.1) is 11.8 Å². The Hall–Kier alpha value is -4.44. The molecule has 0 spiro atoms.